The van der Waals surface area contributed by atoms with E-state index in [1.807, 2.05) is 0 Å². The van der Waals surface area contributed by atoms with Crippen molar-refractivity contribution in [3.63, 3.8) is 0 Å². The van der Waals surface area contributed by atoms with Gasteiger partial charge in [0.25, 0.3) is 0 Å². The van der Waals surface area contributed by atoms with Crippen LogP contribution in [0.4, 0.5) is 8.78 Å². The molecule has 0 bridgehead atoms. The van der Waals surface area contributed by atoms with Crippen LogP contribution in [0.3, 0.4) is 0 Å². The van der Waals surface area contributed by atoms with Gasteiger partial charge in [0.15, 0.2) is 0 Å². The number of rotatable bonds is 7. The average Bonchev–Trinajstić information content (AvgIpc) is 3.26. The van der Waals surface area contributed by atoms with Crippen LogP contribution in [0, 0.1) is 5.92 Å². The maximum absolute atomic E-state index is 12.7. The molecule has 3 rings (SSSR count). The second kappa shape index (κ2) is 8.20. The van der Waals surface area contributed by atoms with Gasteiger partial charge in [0, 0.05) is 26.6 Å². The monoisotopic (exact) mass is 378 g/mol. The minimum Gasteiger partial charge on any atom is -0.467 e. The highest BCUT2D eigenvalue weighted by Gasteiger charge is 2.36. The highest BCUT2D eigenvalue weighted by atomic mass is 19.3. The number of hydrogen-bond donors (Lipinski definition) is 0. The number of furan rings is 1. The van der Waals surface area contributed by atoms with Gasteiger partial charge in [-0.25, -0.2) is 0 Å². The minimum atomic E-state index is -2.87. The first-order valence-corrected chi connectivity index (χ1v) is 8.51. The van der Waals surface area contributed by atoms with Gasteiger partial charge in [-0.15, -0.1) is 0 Å². The smallest absolute Gasteiger partial charge is 0.387 e. The van der Waals surface area contributed by atoms with Crippen molar-refractivity contribution >= 4 is 11.8 Å². The summed E-state index contributed by atoms with van der Waals surface area (Å²) in [4.78, 5) is 28.0. The highest BCUT2D eigenvalue weighted by Crippen LogP contribution is 2.23. The molecule has 2 heterocycles. The molecule has 1 aliphatic rings. The normalized spacial score (nSPS) is 16.8. The number of nitrogens with zero attached hydrogens (tertiary/aromatic N) is 2. The number of alkyl halides is 2. The zero-order valence-electron chi connectivity index (χ0n) is 14.8. The molecule has 1 aromatic carbocycles. The van der Waals surface area contributed by atoms with Crippen LogP contribution in [0.5, 0.6) is 5.75 Å². The van der Waals surface area contributed by atoms with Gasteiger partial charge in [0.05, 0.1) is 18.7 Å². The molecule has 27 heavy (non-hydrogen) atoms. The lowest BCUT2D eigenvalue weighted by atomic mass is 10.1. The summed E-state index contributed by atoms with van der Waals surface area (Å²) in [6.45, 7) is -1.85. The van der Waals surface area contributed by atoms with Crippen LogP contribution in [0.25, 0.3) is 0 Å². The maximum atomic E-state index is 12.7. The largest absolute Gasteiger partial charge is 0.467 e. The summed E-state index contributed by atoms with van der Waals surface area (Å²) < 4.78 is 33.9. The Morgan fingerprint density at radius 3 is 2.70 bits per heavy atom. The van der Waals surface area contributed by atoms with Crippen LogP contribution in [0.1, 0.15) is 17.7 Å². The first kappa shape index (κ1) is 18.9. The molecule has 0 radical (unpaired) electrons. The van der Waals surface area contributed by atoms with Crippen molar-refractivity contribution in [1.29, 1.82) is 0 Å². The fraction of sp³-hybridized carbons (Fsp3) is 0.368. The van der Waals surface area contributed by atoms with Crippen LogP contribution in [-0.4, -0.2) is 41.8 Å². The van der Waals surface area contributed by atoms with Crippen molar-refractivity contribution in [1.82, 2.24) is 9.80 Å². The first-order chi connectivity index (χ1) is 12.9. The zero-order valence-corrected chi connectivity index (χ0v) is 14.8. The van der Waals surface area contributed by atoms with Gasteiger partial charge in [-0.3, -0.25) is 9.59 Å². The van der Waals surface area contributed by atoms with Crippen molar-refractivity contribution in [3.8, 4) is 5.75 Å². The zero-order chi connectivity index (χ0) is 19.4. The Morgan fingerprint density at radius 1 is 1.33 bits per heavy atom. The number of halogens is 2. The van der Waals surface area contributed by atoms with Crippen LogP contribution < -0.4 is 4.74 Å². The van der Waals surface area contributed by atoms with Crippen molar-refractivity contribution in [2.75, 3.05) is 13.6 Å². The van der Waals surface area contributed by atoms with Gasteiger partial charge in [-0.1, -0.05) is 12.1 Å². The molecule has 0 aliphatic carbocycles. The lowest BCUT2D eigenvalue weighted by Gasteiger charge is -2.21. The van der Waals surface area contributed by atoms with Gasteiger partial charge >= 0.3 is 6.61 Å². The molecule has 0 unspecified atom stereocenters. The van der Waals surface area contributed by atoms with E-state index in [1.54, 1.807) is 42.5 Å². The molecular formula is C19H20F2N2O4. The van der Waals surface area contributed by atoms with Crippen LogP contribution >= 0.6 is 0 Å². The van der Waals surface area contributed by atoms with Gasteiger partial charge in [0.1, 0.15) is 11.5 Å². The molecule has 2 amide bonds. The summed E-state index contributed by atoms with van der Waals surface area (Å²) in [6.07, 6.45) is 1.72. The van der Waals surface area contributed by atoms with Crippen LogP contribution in [0.2, 0.25) is 0 Å². The third kappa shape index (κ3) is 4.84. The van der Waals surface area contributed by atoms with Gasteiger partial charge in [-0.05, 0) is 29.8 Å². The molecule has 1 aromatic heterocycles. The minimum absolute atomic E-state index is 0.0673. The second-order valence-electron chi connectivity index (χ2n) is 6.47. The number of ether oxygens (including phenoxy) is 1. The molecule has 0 saturated carbocycles. The number of benzene rings is 1. The first-order valence-electron chi connectivity index (χ1n) is 8.51. The Labute approximate surface area is 155 Å². The number of hydrogen-bond acceptors (Lipinski definition) is 4. The standard InChI is InChI=1S/C19H20F2N2O4/c1-22(10-13-4-6-15(7-5-13)27-19(20)21)18(25)14-9-17(24)23(11-14)12-16-3-2-8-26-16/h2-8,14,19H,9-12H2,1H3/t14-/m1/s1. The van der Waals surface area contributed by atoms with Crippen LogP contribution in [0.15, 0.2) is 47.1 Å². The van der Waals surface area contributed by atoms with E-state index in [1.165, 1.54) is 17.0 Å². The molecular weight excluding hydrogens is 358 g/mol. The SMILES string of the molecule is CN(Cc1ccc(OC(F)F)cc1)C(=O)[C@@H]1CC(=O)N(Cc2ccco2)C1. The Kier molecular flexibility index (Phi) is 5.73. The highest BCUT2D eigenvalue weighted by molar-refractivity contribution is 5.89. The van der Waals surface area contributed by atoms with E-state index in [-0.39, 0.29) is 24.0 Å². The Bertz CT molecular complexity index is 778. The summed E-state index contributed by atoms with van der Waals surface area (Å²) in [5.74, 6) is 0.136. The molecule has 1 fully saturated rings. The molecule has 6 nitrogen and oxygen atoms in total. The predicted molar refractivity (Wildman–Crippen MR) is 91.8 cm³/mol. The Balaban J connectivity index is 1.55. The Hall–Kier alpha value is -2.90. The molecule has 0 N–H and O–H groups in total. The lowest BCUT2D eigenvalue weighted by molar-refractivity contribution is -0.135. The maximum Gasteiger partial charge on any atom is 0.387 e. The topological polar surface area (TPSA) is 63.0 Å². The van der Waals surface area contributed by atoms with Gasteiger partial charge < -0.3 is 19.0 Å². The number of amides is 2. The van der Waals surface area contributed by atoms with E-state index in [2.05, 4.69) is 4.74 Å². The van der Waals surface area contributed by atoms with E-state index >= 15 is 0 Å². The summed E-state index contributed by atoms with van der Waals surface area (Å²) in [7, 11) is 1.66. The van der Waals surface area contributed by atoms with E-state index in [0.29, 0.717) is 25.4 Å². The fourth-order valence-corrected chi connectivity index (χ4v) is 3.12. The Morgan fingerprint density at radius 2 is 2.07 bits per heavy atom. The van der Waals surface area contributed by atoms with Crippen molar-refractivity contribution in [2.45, 2.75) is 26.1 Å². The number of carbonyl (C=O) groups is 2. The fourth-order valence-electron chi connectivity index (χ4n) is 3.12. The third-order valence-corrected chi connectivity index (χ3v) is 4.44. The van der Waals surface area contributed by atoms with Crippen molar-refractivity contribution < 1.29 is 27.5 Å². The van der Waals surface area contributed by atoms with Crippen molar-refractivity contribution in [3.05, 3.63) is 54.0 Å². The molecule has 1 aliphatic heterocycles. The molecule has 1 saturated heterocycles. The van der Waals surface area contributed by atoms with Crippen LogP contribution in [-0.2, 0) is 22.7 Å². The average molecular weight is 378 g/mol. The lowest BCUT2D eigenvalue weighted by Crippen LogP contribution is -2.34. The molecule has 8 heteroatoms. The van der Waals surface area contributed by atoms with Gasteiger partial charge in [-0.2, -0.15) is 8.78 Å². The molecule has 1 atom stereocenters. The molecule has 0 spiro atoms. The number of carbonyl (C=O) groups excluding carboxylic acids is 2. The van der Waals surface area contributed by atoms with E-state index in [0.717, 1.165) is 5.56 Å². The summed E-state index contributed by atoms with van der Waals surface area (Å²) >= 11 is 0. The number of likely N-dealkylation sites (tertiary alicyclic amines) is 1. The van der Waals surface area contributed by atoms with Crippen molar-refractivity contribution in [2.24, 2.45) is 5.92 Å². The van der Waals surface area contributed by atoms with Gasteiger partial charge in [0.2, 0.25) is 11.8 Å². The van der Waals surface area contributed by atoms with E-state index in [9.17, 15) is 18.4 Å². The third-order valence-electron chi connectivity index (χ3n) is 4.44. The van der Waals surface area contributed by atoms with E-state index in [4.69, 9.17) is 4.42 Å². The molecule has 144 valence electrons. The second-order valence-corrected chi connectivity index (χ2v) is 6.47. The summed E-state index contributed by atoms with van der Waals surface area (Å²) in [5.41, 5.74) is 0.782. The summed E-state index contributed by atoms with van der Waals surface area (Å²) in [6, 6.07) is 9.67. The quantitative estimate of drug-likeness (QED) is 0.743. The predicted octanol–water partition coefficient (Wildman–Crippen LogP) is 2.89. The molecule has 2 aromatic rings. The summed E-state index contributed by atoms with van der Waals surface area (Å²) in [5, 5.41) is 0. The van der Waals surface area contributed by atoms with E-state index < -0.39 is 12.5 Å².